The molecule has 4 heterocycles. The Hall–Kier alpha value is -2.22. The van der Waals surface area contributed by atoms with E-state index in [-0.39, 0.29) is 0 Å². The van der Waals surface area contributed by atoms with Crippen LogP contribution in [0.3, 0.4) is 0 Å². The highest BCUT2D eigenvalue weighted by Crippen LogP contribution is 2.40. The normalized spacial score (nSPS) is 16.8. The molecule has 1 aliphatic heterocycles. The van der Waals surface area contributed by atoms with Gasteiger partial charge in [-0.15, -0.1) is 10.2 Å². The molecule has 0 amide bonds. The number of nitrogens with one attached hydrogen (secondary N) is 1. The van der Waals surface area contributed by atoms with Crippen LogP contribution in [-0.2, 0) is 10.8 Å². The van der Waals surface area contributed by atoms with Crippen molar-refractivity contribution in [3.05, 3.63) is 52.4 Å². The van der Waals surface area contributed by atoms with E-state index in [4.69, 9.17) is 11.6 Å². The van der Waals surface area contributed by atoms with Crippen LogP contribution in [0.15, 0.2) is 30.7 Å². The fraction of sp³-hybridized carbons (Fsp3) is 0.462. The molecule has 8 heteroatoms. The van der Waals surface area contributed by atoms with Crippen molar-refractivity contribution in [3.8, 4) is 11.3 Å². The number of rotatable bonds is 6. The van der Waals surface area contributed by atoms with Crippen LogP contribution in [0.2, 0.25) is 5.02 Å². The molecule has 1 N–H and O–H groups in total. The summed E-state index contributed by atoms with van der Waals surface area (Å²) in [5.74, 6) is 1.69. The number of H-pyrrole nitrogens is 1. The van der Waals surface area contributed by atoms with Crippen LogP contribution < -0.4 is 0 Å². The highest BCUT2D eigenvalue weighted by Gasteiger charge is 2.24. The summed E-state index contributed by atoms with van der Waals surface area (Å²) in [6.45, 7) is 9.64. The summed E-state index contributed by atoms with van der Waals surface area (Å²) in [7, 11) is -0.719. The van der Waals surface area contributed by atoms with Gasteiger partial charge in [0.15, 0.2) is 5.65 Å². The Kier molecular flexibility index (Phi) is 6.53. The van der Waals surface area contributed by atoms with Crippen molar-refractivity contribution >= 4 is 39.0 Å². The third kappa shape index (κ3) is 4.30. The molecule has 1 aliphatic rings. The third-order valence-electron chi connectivity index (χ3n) is 7.23. The Morgan fingerprint density at radius 3 is 2.74 bits per heavy atom. The van der Waals surface area contributed by atoms with Crippen LogP contribution in [0.5, 0.6) is 0 Å². The maximum Gasteiger partial charge on any atom is 0.179 e. The second-order valence-electron chi connectivity index (χ2n) is 9.81. The van der Waals surface area contributed by atoms with Crippen LogP contribution in [0.4, 0.5) is 0 Å². The number of pyridine rings is 1. The lowest BCUT2D eigenvalue weighted by molar-refractivity contribution is 0.224. The fourth-order valence-electron chi connectivity index (χ4n) is 5.31. The molecule has 6 nitrogen and oxygen atoms in total. The number of aromatic amines is 1. The van der Waals surface area contributed by atoms with E-state index in [1.807, 2.05) is 4.40 Å². The number of halogens is 1. The zero-order valence-electron chi connectivity index (χ0n) is 20.3. The van der Waals surface area contributed by atoms with Crippen molar-refractivity contribution in [3.63, 3.8) is 0 Å². The number of hydrogen-bond acceptors (Lipinski definition) is 4. The first-order chi connectivity index (χ1) is 16.3. The van der Waals surface area contributed by atoms with E-state index in [9.17, 15) is 4.21 Å². The minimum atomic E-state index is -0.719. The Labute approximate surface area is 208 Å². The number of nitrogens with zero attached hydrogens (tertiary/aromatic N) is 4. The van der Waals surface area contributed by atoms with Gasteiger partial charge in [0, 0.05) is 52.0 Å². The summed E-state index contributed by atoms with van der Waals surface area (Å²) in [4.78, 5) is 6.16. The summed E-state index contributed by atoms with van der Waals surface area (Å²) >= 11 is 6.67. The van der Waals surface area contributed by atoms with Crippen molar-refractivity contribution in [2.24, 2.45) is 0 Å². The molecule has 0 aliphatic carbocycles. The van der Waals surface area contributed by atoms with E-state index in [1.165, 1.54) is 16.5 Å². The molecule has 0 spiro atoms. The Bertz CT molecular complexity index is 1370. The van der Waals surface area contributed by atoms with Crippen molar-refractivity contribution in [1.82, 2.24) is 24.5 Å². The molecular formula is C26H32ClN5OS. The van der Waals surface area contributed by atoms with E-state index in [1.54, 1.807) is 12.6 Å². The van der Waals surface area contributed by atoms with Crippen LogP contribution >= 0.6 is 11.6 Å². The lowest BCUT2D eigenvalue weighted by Crippen LogP contribution is -2.35. The van der Waals surface area contributed by atoms with Gasteiger partial charge in [0.1, 0.15) is 6.33 Å². The lowest BCUT2D eigenvalue weighted by atomic mass is 9.87. The number of piperidine rings is 1. The van der Waals surface area contributed by atoms with Gasteiger partial charge in [-0.3, -0.25) is 8.61 Å². The van der Waals surface area contributed by atoms with E-state index < -0.39 is 10.8 Å². The topological polar surface area (TPSA) is 66.3 Å². The summed E-state index contributed by atoms with van der Waals surface area (Å²) < 4.78 is 13.3. The van der Waals surface area contributed by atoms with Gasteiger partial charge >= 0.3 is 0 Å². The molecule has 1 unspecified atom stereocenters. The number of fused-ring (bicyclic) bond motifs is 2. The molecule has 1 fully saturated rings. The first kappa shape index (κ1) is 23.5. The van der Waals surface area contributed by atoms with E-state index in [0.29, 0.717) is 22.5 Å². The average Bonchev–Trinajstić information content (AvgIpc) is 3.44. The maximum absolute atomic E-state index is 11.4. The van der Waals surface area contributed by atoms with Crippen molar-refractivity contribution in [2.75, 3.05) is 31.6 Å². The molecule has 1 saturated heterocycles. The first-order valence-electron chi connectivity index (χ1n) is 12.0. The van der Waals surface area contributed by atoms with Crippen LogP contribution in [-0.4, -0.2) is 60.3 Å². The largest absolute Gasteiger partial charge is 0.354 e. The van der Waals surface area contributed by atoms with Gasteiger partial charge in [0.25, 0.3) is 0 Å². The van der Waals surface area contributed by atoms with Gasteiger partial charge in [0.2, 0.25) is 0 Å². The van der Waals surface area contributed by atoms with Crippen LogP contribution in [0.1, 0.15) is 55.2 Å². The molecule has 0 radical (unpaired) electrons. The predicted octanol–water partition coefficient (Wildman–Crippen LogP) is 5.52. The summed E-state index contributed by atoms with van der Waals surface area (Å²) in [6.07, 6.45) is 7.86. The number of hydrogen-bond donors (Lipinski definition) is 1. The van der Waals surface area contributed by atoms with E-state index in [0.717, 1.165) is 60.6 Å². The highest BCUT2D eigenvalue weighted by molar-refractivity contribution is 7.84. The Balaban J connectivity index is 1.50. The zero-order chi connectivity index (χ0) is 24.0. The van der Waals surface area contributed by atoms with E-state index in [2.05, 4.69) is 65.2 Å². The molecule has 1 aromatic carbocycles. The quantitative estimate of drug-likeness (QED) is 0.381. The first-order valence-corrected chi connectivity index (χ1v) is 14.1. The molecule has 180 valence electrons. The monoisotopic (exact) mass is 497 g/mol. The van der Waals surface area contributed by atoms with E-state index >= 15 is 0 Å². The second-order valence-corrected chi connectivity index (χ2v) is 11.7. The third-order valence-corrected chi connectivity index (χ3v) is 8.44. The van der Waals surface area contributed by atoms with Crippen molar-refractivity contribution in [1.29, 1.82) is 0 Å². The standard InChI is InChI=1S/C26H32ClN5OS/c1-16(2)23-20-13-19(18-7-9-31(10-8-18)11-12-34(4)33)5-6-22(20)29-25(23)21-14-32-15-28-30-26(32)24(27)17(21)3/h5-6,13-16,18,29H,7-12H2,1-4H3. The van der Waals surface area contributed by atoms with Crippen molar-refractivity contribution in [2.45, 2.75) is 45.4 Å². The number of aromatic nitrogens is 4. The molecule has 0 bridgehead atoms. The molecule has 34 heavy (non-hydrogen) atoms. The molecule has 1 atom stereocenters. The summed E-state index contributed by atoms with van der Waals surface area (Å²) in [6, 6.07) is 6.93. The molecule has 5 rings (SSSR count). The lowest BCUT2D eigenvalue weighted by Gasteiger charge is -2.32. The zero-order valence-corrected chi connectivity index (χ0v) is 21.8. The minimum absolute atomic E-state index is 0.352. The summed E-state index contributed by atoms with van der Waals surface area (Å²) in [5, 5.41) is 10.1. The van der Waals surface area contributed by atoms with Gasteiger partial charge in [0.05, 0.1) is 10.7 Å². The minimum Gasteiger partial charge on any atom is -0.354 e. The Morgan fingerprint density at radius 1 is 1.26 bits per heavy atom. The summed E-state index contributed by atoms with van der Waals surface area (Å²) in [5.41, 5.74) is 7.80. The van der Waals surface area contributed by atoms with Gasteiger partial charge < -0.3 is 9.88 Å². The molecule has 0 saturated carbocycles. The second kappa shape index (κ2) is 9.44. The van der Waals surface area contributed by atoms with Gasteiger partial charge in [-0.1, -0.05) is 31.5 Å². The van der Waals surface area contributed by atoms with Gasteiger partial charge in [-0.05, 0) is 73.5 Å². The van der Waals surface area contributed by atoms with Crippen LogP contribution in [0, 0.1) is 6.92 Å². The Morgan fingerprint density at radius 2 is 2.03 bits per heavy atom. The molecule has 3 aromatic heterocycles. The van der Waals surface area contributed by atoms with Gasteiger partial charge in [-0.25, -0.2) is 0 Å². The number of benzene rings is 1. The average molecular weight is 498 g/mol. The smallest absolute Gasteiger partial charge is 0.179 e. The highest BCUT2D eigenvalue weighted by atomic mass is 35.5. The van der Waals surface area contributed by atoms with Crippen molar-refractivity contribution < 1.29 is 4.21 Å². The predicted molar refractivity (Wildman–Crippen MR) is 141 cm³/mol. The number of likely N-dealkylation sites (tertiary alicyclic amines) is 1. The van der Waals surface area contributed by atoms with Gasteiger partial charge in [-0.2, -0.15) is 0 Å². The fourth-order valence-corrected chi connectivity index (χ4v) is 6.06. The van der Waals surface area contributed by atoms with Crippen LogP contribution in [0.25, 0.3) is 27.8 Å². The maximum atomic E-state index is 11.4. The SMILES string of the molecule is Cc1c(-c2[nH]c3ccc(C4CCN(CCS(C)=O)CC4)cc3c2C(C)C)cn2cnnc2c1Cl. The molecule has 4 aromatic rings. The molecular weight excluding hydrogens is 466 g/mol.